The van der Waals surface area contributed by atoms with Gasteiger partial charge in [0.1, 0.15) is 6.61 Å². The molecule has 1 aliphatic heterocycles. The third kappa shape index (κ3) is 4.45. The second kappa shape index (κ2) is 7.35. The molecule has 2 unspecified atom stereocenters. The van der Waals surface area contributed by atoms with Gasteiger partial charge in [-0.05, 0) is 12.5 Å². The Labute approximate surface area is 148 Å². The Kier molecular flexibility index (Phi) is 5.62. The Balaban J connectivity index is 2.18. The molecule has 136 valence electrons. The van der Waals surface area contributed by atoms with Crippen molar-refractivity contribution in [3.63, 3.8) is 0 Å². The van der Waals surface area contributed by atoms with Crippen LogP contribution >= 0.6 is 0 Å². The maximum atomic E-state index is 12.6. The van der Waals surface area contributed by atoms with Gasteiger partial charge in [-0.1, -0.05) is 50.6 Å². The number of Topliss-reactive ketones (excluding diaryl/α,β-unsaturated/α-hetero) is 1. The van der Waals surface area contributed by atoms with Crippen LogP contribution in [0.15, 0.2) is 24.3 Å². The van der Waals surface area contributed by atoms with Crippen molar-refractivity contribution in [2.45, 2.75) is 39.8 Å². The molecule has 2 atom stereocenters. The first-order valence-corrected chi connectivity index (χ1v) is 8.36. The van der Waals surface area contributed by atoms with Crippen molar-refractivity contribution in [2.24, 2.45) is 5.41 Å². The highest BCUT2D eigenvalue weighted by molar-refractivity contribution is 5.92. The van der Waals surface area contributed by atoms with E-state index in [1.165, 1.54) is 4.90 Å². The van der Waals surface area contributed by atoms with E-state index in [2.05, 4.69) is 5.32 Å². The summed E-state index contributed by atoms with van der Waals surface area (Å²) in [6.07, 6.45) is -0.849. The molecule has 0 spiro atoms. The first-order chi connectivity index (χ1) is 11.6. The molecule has 1 heterocycles. The Bertz CT molecular complexity index is 661. The van der Waals surface area contributed by atoms with Crippen LogP contribution in [0.1, 0.15) is 37.9 Å². The fraction of sp³-hybridized carbons (Fsp3) is 0.526. The summed E-state index contributed by atoms with van der Waals surface area (Å²) in [5.41, 5.74) is 1.39. The standard InChI is InChI=1S/C19H26N2O4/c1-12-6-8-13(9-7-12)16-17(25-11-15(23)21(16)5)18(24)20-10-14(22)19(2,3)4/h6-9,16-17H,10-11H2,1-5H3,(H,20,24). The Hall–Kier alpha value is -2.21. The zero-order valence-electron chi connectivity index (χ0n) is 15.5. The van der Waals surface area contributed by atoms with Gasteiger partial charge in [-0.25, -0.2) is 0 Å². The van der Waals surface area contributed by atoms with Crippen molar-refractivity contribution in [1.82, 2.24) is 10.2 Å². The number of aryl methyl sites for hydroxylation is 1. The van der Waals surface area contributed by atoms with E-state index in [-0.39, 0.29) is 30.7 Å². The van der Waals surface area contributed by atoms with E-state index in [0.717, 1.165) is 11.1 Å². The molecule has 2 rings (SSSR count). The van der Waals surface area contributed by atoms with Gasteiger partial charge in [0.05, 0.1) is 12.6 Å². The van der Waals surface area contributed by atoms with Crippen LogP contribution < -0.4 is 5.32 Å². The number of nitrogens with zero attached hydrogens (tertiary/aromatic N) is 1. The molecular formula is C19H26N2O4. The molecule has 0 saturated carbocycles. The SMILES string of the molecule is Cc1ccc(C2C(C(=O)NCC(=O)C(C)(C)C)OCC(=O)N2C)cc1. The second-order valence-electron chi connectivity index (χ2n) is 7.48. The zero-order chi connectivity index (χ0) is 18.8. The largest absolute Gasteiger partial charge is 0.356 e. The van der Waals surface area contributed by atoms with Gasteiger partial charge in [-0.3, -0.25) is 14.4 Å². The fourth-order valence-corrected chi connectivity index (χ4v) is 2.63. The van der Waals surface area contributed by atoms with E-state index >= 15 is 0 Å². The van der Waals surface area contributed by atoms with Gasteiger partial charge < -0.3 is 15.0 Å². The van der Waals surface area contributed by atoms with Crippen molar-refractivity contribution in [3.8, 4) is 0 Å². The lowest BCUT2D eigenvalue weighted by Crippen LogP contribution is -2.53. The van der Waals surface area contributed by atoms with Gasteiger partial charge in [-0.15, -0.1) is 0 Å². The number of ether oxygens (including phenoxy) is 1. The van der Waals surface area contributed by atoms with Gasteiger partial charge in [0.2, 0.25) is 5.91 Å². The van der Waals surface area contributed by atoms with Gasteiger partial charge in [0.15, 0.2) is 11.9 Å². The highest BCUT2D eigenvalue weighted by Crippen LogP contribution is 2.29. The highest BCUT2D eigenvalue weighted by atomic mass is 16.5. The number of carbonyl (C=O) groups is 3. The molecule has 1 aromatic rings. The lowest BCUT2D eigenvalue weighted by molar-refractivity contribution is -0.162. The van der Waals surface area contributed by atoms with Crippen LogP contribution in [0.2, 0.25) is 0 Å². The summed E-state index contributed by atoms with van der Waals surface area (Å²) < 4.78 is 5.52. The first kappa shape index (κ1) is 19.1. The molecule has 0 aliphatic carbocycles. The number of rotatable bonds is 4. The van der Waals surface area contributed by atoms with Crippen molar-refractivity contribution in [3.05, 3.63) is 35.4 Å². The molecule has 6 heteroatoms. The van der Waals surface area contributed by atoms with Gasteiger partial charge >= 0.3 is 0 Å². The molecule has 25 heavy (non-hydrogen) atoms. The summed E-state index contributed by atoms with van der Waals surface area (Å²) in [6, 6.07) is 7.12. The predicted molar refractivity (Wildman–Crippen MR) is 93.9 cm³/mol. The number of benzene rings is 1. The first-order valence-electron chi connectivity index (χ1n) is 8.36. The van der Waals surface area contributed by atoms with E-state index in [1.807, 2.05) is 31.2 Å². The second-order valence-corrected chi connectivity index (χ2v) is 7.48. The van der Waals surface area contributed by atoms with Crippen LogP contribution in [-0.2, 0) is 19.1 Å². The minimum atomic E-state index is -0.849. The molecule has 1 aromatic carbocycles. The fourth-order valence-electron chi connectivity index (χ4n) is 2.63. The third-order valence-electron chi connectivity index (χ3n) is 4.42. The topological polar surface area (TPSA) is 75.7 Å². The number of hydrogen-bond donors (Lipinski definition) is 1. The summed E-state index contributed by atoms with van der Waals surface area (Å²) in [7, 11) is 1.66. The molecule has 0 aromatic heterocycles. The molecule has 1 N–H and O–H groups in total. The molecule has 0 radical (unpaired) electrons. The summed E-state index contributed by atoms with van der Waals surface area (Å²) in [5.74, 6) is -0.629. The van der Waals surface area contributed by atoms with E-state index < -0.39 is 17.6 Å². The lowest BCUT2D eigenvalue weighted by atomic mass is 9.90. The average molecular weight is 346 g/mol. The minimum absolute atomic E-state index is 0.0551. The summed E-state index contributed by atoms with van der Waals surface area (Å²) in [5, 5.41) is 2.65. The van der Waals surface area contributed by atoms with Crippen LogP contribution in [0, 0.1) is 12.3 Å². The summed E-state index contributed by atoms with van der Waals surface area (Å²) in [4.78, 5) is 38.2. The smallest absolute Gasteiger partial charge is 0.252 e. The van der Waals surface area contributed by atoms with Crippen LogP contribution in [0.5, 0.6) is 0 Å². The van der Waals surface area contributed by atoms with Crippen molar-refractivity contribution in [2.75, 3.05) is 20.2 Å². The van der Waals surface area contributed by atoms with Crippen LogP contribution in [0.3, 0.4) is 0 Å². The number of carbonyl (C=O) groups excluding carboxylic acids is 3. The van der Waals surface area contributed by atoms with Gasteiger partial charge in [0, 0.05) is 12.5 Å². The highest BCUT2D eigenvalue weighted by Gasteiger charge is 2.40. The molecule has 1 aliphatic rings. The van der Waals surface area contributed by atoms with Gasteiger partial charge in [0.25, 0.3) is 5.91 Å². The zero-order valence-corrected chi connectivity index (χ0v) is 15.5. The van der Waals surface area contributed by atoms with E-state index in [4.69, 9.17) is 4.74 Å². The Morgan fingerprint density at radius 3 is 2.40 bits per heavy atom. The molecule has 2 amide bonds. The number of hydrogen-bond acceptors (Lipinski definition) is 4. The maximum Gasteiger partial charge on any atom is 0.252 e. The number of morpholine rings is 1. The van der Waals surface area contributed by atoms with Crippen molar-refractivity contribution >= 4 is 17.6 Å². The van der Waals surface area contributed by atoms with Crippen molar-refractivity contribution < 1.29 is 19.1 Å². The predicted octanol–water partition coefficient (Wildman–Crippen LogP) is 1.62. The van der Waals surface area contributed by atoms with Crippen LogP contribution in [-0.4, -0.2) is 48.8 Å². The van der Waals surface area contributed by atoms with E-state index in [1.54, 1.807) is 27.8 Å². The number of nitrogens with one attached hydrogen (secondary N) is 1. The Morgan fingerprint density at radius 1 is 1.24 bits per heavy atom. The number of amides is 2. The average Bonchev–Trinajstić information content (AvgIpc) is 2.54. The molecule has 1 saturated heterocycles. The third-order valence-corrected chi connectivity index (χ3v) is 4.42. The monoisotopic (exact) mass is 346 g/mol. The quantitative estimate of drug-likeness (QED) is 0.899. The van der Waals surface area contributed by atoms with Crippen LogP contribution in [0.4, 0.5) is 0 Å². The molecule has 6 nitrogen and oxygen atoms in total. The molecular weight excluding hydrogens is 320 g/mol. The van der Waals surface area contributed by atoms with Gasteiger partial charge in [-0.2, -0.15) is 0 Å². The van der Waals surface area contributed by atoms with E-state index in [9.17, 15) is 14.4 Å². The minimum Gasteiger partial charge on any atom is -0.356 e. The maximum absolute atomic E-state index is 12.6. The number of ketones is 1. The van der Waals surface area contributed by atoms with Crippen molar-refractivity contribution in [1.29, 1.82) is 0 Å². The number of likely N-dealkylation sites (N-methyl/N-ethyl adjacent to an activating group) is 1. The summed E-state index contributed by atoms with van der Waals surface area (Å²) >= 11 is 0. The van der Waals surface area contributed by atoms with E-state index in [0.29, 0.717) is 0 Å². The molecule has 1 fully saturated rings. The Morgan fingerprint density at radius 2 is 1.84 bits per heavy atom. The molecule has 0 bridgehead atoms. The normalized spacial score (nSPS) is 21.2. The summed E-state index contributed by atoms with van der Waals surface area (Å²) in [6.45, 7) is 7.18. The van der Waals surface area contributed by atoms with Crippen LogP contribution in [0.25, 0.3) is 0 Å². The lowest BCUT2D eigenvalue weighted by Gasteiger charge is -2.38.